The lowest BCUT2D eigenvalue weighted by Crippen LogP contribution is -2.32. The minimum Gasteiger partial charge on any atom is -0.497 e. The summed E-state index contributed by atoms with van der Waals surface area (Å²) >= 11 is 0. The Labute approximate surface area is 199 Å². The summed E-state index contributed by atoms with van der Waals surface area (Å²) in [6.45, 7) is 0.797. The predicted molar refractivity (Wildman–Crippen MR) is 135 cm³/mol. The van der Waals surface area contributed by atoms with Crippen molar-refractivity contribution in [3.05, 3.63) is 126 Å². The van der Waals surface area contributed by atoms with Crippen LogP contribution in [-0.2, 0) is 6.54 Å². The second-order valence-electron chi connectivity index (χ2n) is 8.00. The van der Waals surface area contributed by atoms with E-state index in [1.165, 1.54) is 16.7 Å². The van der Waals surface area contributed by atoms with Gasteiger partial charge in [0.25, 0.3) is 0 Å². The number of methoxy groups -OCH3 is 1. The third kappa shape index (κ3) is 5.13. The summed E-state index contributed by atoms with van der Waals surface area (Å²) in [4.78, 5) is 4.45. The van der Waals surface area contributed by atoms with Crippen molar-refractivity contribution in [3.8, 4) is 28.5 Å². The first-order valence-corrected chi connectivity index (χ1v) is 11.2. The van der Waals surface area contributed by atoms with Gasteiger partial charge in [0.05, 0.1) is 13.3 Å². The van der Waals surface area contributed by atoms with Gasteiger partial charge in [-0.05, 0) is 35.4 Å². The molecule has 2 heterocycles. The van der Waals surface area contributed by atoms with Gasteiger partial charge in [0, 0.05) is 28.8 Å². The Morgan fingerprint density at radius 1 is 0.765 bits per heavy atom. The van der Waals surface area contributed by atoms with Crippen LogP contribution in [0.15, 0.2) is 114 Å². The molecular formula is C30H25N2O2+. The lowest BCUT2D eigenvalue weighted by atomic mass is 10.1. The molecule has 3 aromatic carbocycles. The maximum absolute atomic E-state index is 5.99. The van der Waals surface area contributed by atoms with Gasteiger partial charge in [-0.1, -0.05) is 66.7 Å². The van der Waals surface area contributed by atoms with E-state index in [4.69, 9.17) is 9.15 Å². The average Bonchev–Trinajstić information content (AvgIpc) is 3.40. The molecule has 4 heteroatoms. The summed E-state index contributed by atoms with van der Waals surface area (Å²) in [5, 5.41) is 0. The second kappa shape index (κ2) is 10.0. The highest BCUT2D eigenvalue weighted by Crippen LogP contribution is 2.27. The zero-order valence-corrected chi connectivity index (χ0v) is 19.0. The van der Waals surface area contributed by atoms with E-state index in [1.807, 2.05) is 54.6 Å². The topological polar surface area (TPSA) is 39.1 Å². The molecule has 0 spiro atoms. The van der Waals surface area contributed by atoms with E-state index in [9.17, 15) is 0 Å². The standard InChI is InChI=1S/C30H25N2O2/c1-33-28-15-13-26(14-16-28)29-21-31-30(34-29)27-17-19-32(20-18-27)22-25-11-9-24(10-12-25)8-7-23-5-3-2-4-6-23/h2-21H,22H2,1H3/q+1/b8-7-. The highest BCUT2D eigenvalue weighted by molar-refractivity contribution is 5.69. The number of aromatic nitrogens is 2. The van der Waals surface area contributed by atoms with Crippen LogP contribution in [0.4, 0.5) is 0 Å². The Balaban J connectivity index is 1.23. The fourth-order valence-electron chi connectivity index (χ4n) is 3.70. The number of hydrogen-bond acceptors (Lipinski definition) is 3. The molecule has 0 N–H and O–H groups in total. The monoisotopic (exact) mass is 445 g/mol. The molecule has 0 unspecified atom stereocenters. The van der Waals surface area contributed by atoms with Gasteiger partial charge < -0.3 is 9.15 Å². The number of nitrogens with zero attached hydrogens (tertiary/aromatic N) is 2. The largest absolute Gasteiger partial charge is 0.497 e. The maximum Gasteiger partial charge on any atom is 0.227 e. The van der Waals surface area contributed by atoms with Crippen LogP contribution in [-0.4, -0.2) is 12.1 Å². The van der Waals surface area contributed by atoms with Gasteiger partial charge in [0.15, 0.2) is 24.7 Å². The van der Waals surface area contributed by atoms with E-state index < -0.39 is 0 Å². The van der Waals surface area contributed by atoms with Crippen LogP contribution >= 0.6 is 0 Å². The molecule has 166 valence electrons. The predicted octanol–water partition coefficient (Wildman–Crippen LogP) is 6.52. The molecule has 0 amide bonds. The Morgan fingerprint density at radius 2 is 1.44 bits per heavy atom. The molecule has 5 aromatic rings. The van der Waals surface area contributed by atoms with Crippen molar-refractivity contribution in [1.82, 2.24) is 4.98 Å². The van der Waals surface area contributed by atoms with Crippen molar-refractivity contribution < 1.29 is 13.7 Å². The highest BCUT2D eigenvalue weighted by atomic mass is 16.5. The third-order valence-electron chi connectivity index (χ3n) is 5.63. The van der Waals surface area contributed by atoms with Crippen molar-refractivity contribution in [2.24, 2.45) is 0 Å². The number of benzene rings is 3. The van der Waals surface area contributed by atoms with E-state index in [2.05, 4.69) is 70.5 Å². The van der Waals surface area contributed by atoms with Crippen LogP contribution in [0.1, 0.15) is 16.7 Å². The summed E-state index contributed by atoms with van der Waals surface area (Å²) < 4.78 is 13.3. The van der Waals surface area contributed by atoms with Gasteiger partial charge in [-0.25, -0.2) is 9.55 Å². The number of ether oxygens (including phenoxy) is 1. The molecule has 0 bridgehead atoms. The first-order valence-electron chi connectivity index (χ1n) is 11.2. The maximum atomic E-state index is 5.99. The molecule has 0 aliphatic carbocycles. The van der Waals surface area contributed by atoms with Crippen molar-refractivity contribution in [2.75, 3.05) is 7.11 Å². The molecule has 0 saturated carbocycles. The lowest BCUT2D eigenvalue weighted by molar-refractivity contribution is -0.688. The van der Waals surface area contributed by atoms with Gasteiger partial charge in [0.1, 0.15) is 5.75 Å². The summed E-state index contributed by atoms with van der Waals surface area (Å²) in [5.74, 6) is 2.15. The number of rotatable bonds is 7. The Hall–Kier alpha value is -4.44. The quantitative estimate of drug-likeness (QED) is 0.211. The molecule has 4 nitrogen and oxygen atoms in total. The highest BCUT2D eigenvalue weighted by Gasteiger charge is 2.11. The van der Waals surface area contributed by atoms with Gasteiger partial charge in [-0.15, -0.1) is 0 Å². The summed E-state index contributed by atoms with van der Waals surface area (Å²) in [6, 6.07) is 30.8. The van der Waals surface area contributed by atoms with Crippen molar-refractivity contribution >= 4 is 12.2 Å². The van der Waals surface area contributed by atoms with E-state index >= 15 is 0 Å². The second-order valence-corrected chi connectivity index (χ2v) is 8.00. The molecule has 0 radical (unpaired) electrons. The van der Waals surface area contributed by atoms with E-state index in [1.54, 1.807) is 13.3 Å². The van der Waals surface area contributed by atoms with Crippen molar-refractivity contribution in [1.29, 1.82) is 0 Å². The van der Waals surface area contributed by atoms with Crippen LogP contribution < -0.4 is 9.30 Å². The molecule has 0 atom stereocenters. The van der Waals surface area contributed by atoms with Gasteiger partial charge >= 0.3 is 0 Å². The van der Waals surface area contributed by atoms with Crippen LogP contribution in [0, 0.1) is 0 Å². The zero-order chi connectivity index (χ0) is 23.2. The van der Waals surface area contributed by atoms with E-state index in [-0.39, 0.29) is 0 Å². The molecule has 5 rings (SSSR count). The Morgan fingerprint density at radius 3 is 2.12 bits per heavy atom. The smallest absolute Gasteiger partial charge is 0.227 e. The molecule has 34 heavy (non-hydrogen) atoms. The van der Waals surface area contributed by atoms with Gasteiger partial charge in [-0.2, -0.15) is 0 Å². The first kappa shape index (κ1) is 21.4. The third-order valence-corrected chi connectivity index (χ3v) is 5.63. The van der Waals surface area contributed by atoms with Crippen LogP contribution in [0.5, 0.6) is 5.75 Å². The molecule has 0 aliphatic rings. The Kier molecular flexibility index (Phi) is 6.30. The summed E-state index contributed by atoms with van der Waals surface area (Å²) in [5.41, 5.74) is 5.53. The van der Waals surface area contributed by atoms with E-state index in [0.29, 0.717) is 5.89 Å². The van der Waals surface area contributed by atoms with Crippen LogP contribution in [0.25, 0.3) is 34.9 Å². The number of pyridine rings is 1. The first-order chi connectivity index (χ1) is 16.8. The van der Waals surface area contributed by atoms with Crippen LogP contribution in [0.2, 0.25) is 0 Å². The lowest BCUT2D eigenvalue weighted by Gasteiger charge is -2.01. The summed E-state index contributed by atoms with van der Waals surface area (Å²) in [6.07, 6.45) is 10.1. The van der Waals surface area contributed by atoms with Crippen molar-refractivity contribution in [3.63, 3.8) is 0 Å². The zero-order valence-electron chi connectivity index (χ0n) is 19.0. The fraction of sp³-hybridized carbons (Fsp3) is 0.0667. The molecule has 2 aromatic heterocycles. The van der Waals surface area contributed by atoms with Gasteiger partial charge in [0.2, 0.25) is 5.89 Å². The molecular weight excluding hydrogens is 420 g/mol. The minimum absolute atomic E-state index is 0.604. The Bertz CT molecular complexity index is 1370. The fourth-order valence-corrected chi connectivity index (χ4v) is 3.70. The number of hydrogen-bond donors (Lipinski definition) is 0. The number of oxazole rings is 1. The molecule has 0 fully saturated rings. The minimum atomic E-state index is 0.604. The van der Waals surface area contributed by atoms with E-state index in [0.717, 1.165) is 29.2 Å². The normalized spacial score (nSPS) is 11.1. The van der Waals surface area contributed by atoms with Crippen molar-refractivity contribution in [2.45, 2.75) is 6.54 Å². The molecule has 0 aliphatic heterocycles. The summed E-state index contributed by atoms with van der Waals surface area (Å²) in [7, 11) is 1.66. The molecule has 0 saturated heterocycles. The average molecular weight is 446 g/mol. The van der Waals surface area contributed by atoms with Gasteiger partial charge in [-0.3, -0.25) is 0 Å². The SMILES string of the molecule is COc1ccc(-c2cnc(-c3cc[n+](Cc4ccc(/C=C\c5ccccc5)cc4)cc3)o2)cc1. The van der Waals surface area contributed by atoms with Crippen LogP contribution in [0.3, 0.4) is 0 Å².